The zero-order valence-electron chi connectivity index (χ0n) is 26.5. The fourth-order valence-corrected chi connectivity index (χ4v) is 6.44. The molecule has 234 valence electrons. The van der Waals surface area contributed by atoms with Crippen molar-refractivity contribution in [2.24, 2.45) is 0 Å². The van der Waals surface area contributed by atoms with Crippen LogP contribution >= 0.6 is 0 Å². The van der Waals surface area contributed by atoms with Crippen LogP contribution in [0.1, 0.15) is 63.6 Å². The number of nitrogens with one attached hydrogen (secondary N) is 2. The number of anilines is 1. The Hall–Kier alpha value is -3.79. The number of ether oxygens (including phenoxy) is 2. The molecule has 9 heteroatoms. The van der Waals surface area contributed by atoms with Crippen LogP contribution in [0, 0.1) is 27.7 Å². The standard InChI is InChI=1S/C35H44N4O5/c1-22-16-24(3)37-35(42)32(22)20-36-34(41)31-18-28(19-33(25(31)4)39(26(5)40)29-8-12-43-13-9-29)30-7-6-27(17-23(30)2)21-38-10-14-44-15-11-38/h6-7,16-19,29H,8-15,20-21H2,1-5H3,(H,36,41)(H,37,42). The normalized spacial score (nSPS) is 16.1. The number of aryl methyl sites for hydroxylation is 3. The summed E-state index contributed by atoms with van der Waals surface area (Å²) in [5.74, 6) is -0.357. The number of carbonyl (C=O) groups is 2. The fraction of sp³-hybridized carbons (Fsp3) is 0.457. The molecule has 5 rings (SSSR count). The van der Waals surface area contributed by atoms with Gasteiger partial charge in [-0.05, 0) is 92.1 Å². The number of hydrogen-bond donors (Lipinski definition) is 2. The molecule has 0 atom stereocenters. The molecule has 0 radical (unpaired) electrons. The van der Waals surface area contributed by atoms with E-state index in [1.807, 2.05) is 43.9 Å². The van der Waals surface area contributed by atoms with Gasteiger partial charge in [0.25, 0.3) is 11.5 Å². The van der Waals surface area contributed by atoms with Gasteiger partial charge in [-0.15, -0.1) is 0 Å². The quantitative estimate of drug-likeness (QED) is 0.393. The molecule has 0 unspecified atom stereocenters. The van der Waals surface area contributed by atoms with Crippen LogP contribution in [-0.2, 0) is 27.4 Å². The summed E-state index contributed by atoms with van der Waals surface area (Å²) in [6, 6.07) is 12.3. The summed E-state index contributed by atoms with van der Waals surface area (Å²) in [5, 5.41) is 2.98. The molecule has 2 aliphatic heterocycles. The number of amides is 2. The highest BCUT2D eigenvalue weighted by Crippen LogP contribution is 2.35. The van der Waals surface area contributed by atoms with Gasteiger partial charge in [0.2, 0.25) is 5.91 Å². The van der Waals surface area contributed by atoms with Crippen molar-refractivity contribution in [3.8, 4) is 11.1 Å². The van der Waals surface area contributed by atoms with Crippen LogP contribution in [0.3, 0.4) is 0 Å². The topological polar surface area (TPSA) is 104 Å². The van der Waals surface area contributed by atoms with Gasteiger partial charge >= 0.3 is 0 Å². The highest BCUT2D eigenvalue weighted by Gasteiger charge is 2.29. The summed E-state index contributed by atoms with van der Waals surface area (Å²) < 4.78 is 11.1. The Morgan fingerprint density at radius 1 is 0.955 bits per heavy atom. The van der Waals surface area contributed by atoms with Crippen molar-refractivity contribution in [2.45, 2.75) is 66.6 Å². The fourth-order valence-electron chi connectivity index (χ4n) is 6.44. The minimum absolute atomic E-state index is 0.0168. The van der Waals surface area contributed by atoms with Crippen LogP contribution in [0.25, 0.3) is 11.1 Å². The van der Waals surface area contributed by atoms with E-state index in [2.05, 4.69) is 40.3 Å². The van der Waals surface area contributed by atoms with Crippen molar-refractivity contribution >= 4 is 17.5 Å². The monoisotopic (exact) mass is 600 g/mol. The Kier molecular flexibility index (Phi) is 9.98. The molecule has 9 nitrogen and oxygen atoms in total. The van der Waals surface area contributed by atoms with Gasteiger partial charge in [0.1, 0.15) is 0 Å². The predicted molar refractivity (Wildman–Crippen MR) is 172 cm³/mol. The number of carbonyl (C=O) groups excluding carboxylic acids is 2. The van der Waals surface area contributed by atoms with E-state index in [1.165, 1.54) is 5.56 Å². The van der Waals surface area contributed by atoms with E-state index in [0.717, 1.165) is 84.9 Å². The molecule has 3 aromatic rings. The summed E-state index contributed by atoms with van der Waals surface area (Å²) in [4.78, 5) is 46.7. The molecule has 1 aromatic heterocycles. The van der Waals surface area contributed by atoms with Crippen LogP contribution in [0.4, 0.5) is 5.69 Å². The molecule has 0 saturated carbocycles. The van der Waals surface area contributed by atoms with Crippen molar-refractivity contribution in [3.63, 3.8) is 0 Å². The third-order valence-electron chi connectivity index (χ3n) is 8.81. The Bertz CT molecular complexity index is 1580. The molecule has 44 heavy (non-hydrogen) atoms. The predicted octanol–water partition coefficient (Wildman–Crippen LogP) is 4.57. The Balaban J connectivity index is 1.53. The number of aromatic amines is 1. The second-order valence-corrected chi connectivity index (χ2v) is 12.1. The largest absolute Gasteiger partial charge is 0.381 e. The number of hydrogen-bond acceptors (Lipinski definition) is 6. The number of H-pyrrole nitrogens is 1. The van der Waals surface area contributed by atoms with Crippen LogP contribution in [0.2, 0.25) is 0 Å². The highest BCUT2D eigenvalue weighted by atomic mass is 16.5. The molecule has 0 aliphatic carbocycles. The lowest BCUT2D eigenvalue weighted by molar-refractivity contribution is -0.117. The minimum atomic E-state index is -0.290. The second kappa shape index (κ2) is 13.9. The molecule has 2 aliphatic rings. The van der Waals surface area contributed by atoms with Crippen LogP contribution < -0.4 is 15.8 Å². The van der Waals surface area contributed by atoms with Crippen molar-refractivity contribution in [3.05, 3.63) is 85.8 Å². The second-order valence-electron chi connectivity index (χ2n) is 12.1. The minimum Gasteiger partial charge on any atom is -0.381 e. The zero-order chi connectivity index (χ0) is 31.4. The lowest BCUT2D eigenvalue weighted by Gasteiger charge is -2.35. The van der Waals surface area contributed by atoms with E-state index in [4.69, 9.17) is 9.47 Å². The first-order chi connectivity index (χ1) is 21.1. The van der Waals surface area contributed by atoms with Crippen molar-refractivity contribution in [1.82, 2.24) is 15.2 Å². The molecule has 0 spiro atoms. The molecule has 0 bridgehead atoms. The maximum atomic E-state index is 13.8. The molecular formula is C35H44N4O5. The first-order valence-electron chi connectivity index (χ1n) is 15.5. The van der Waals surface area contributed by atoms with E-state index in [-0.39, 0.29) is 30.0 Å². The Morgan fingerprint density at radius 3 is 2.32 bits per heavy atom. The molecule has 2 fully saturated rings. The first kappa shape index (κ1) is 31.6. The van der Waals surface area contributed by atoms with Crippen molar-refractivity contribution < 1.29 is 19.1 Å². The van der Waals surface area contributed by atoms with Gasteiger partial charge in [0.15, 0.2) is 0 Å². The Labute approximate surface area is 259 Å². The van der Waals surface area contributed by atoms with E-state index < -0.39 is 0 Å². The number of morpholine rings is 1. The summed E-state index contributed by atoms with van der Waals surface area (Å²) in [6.45, 7) is 14.8. The number of aromatic nitrogens is 1. The lowest BCUT2D eigenvalue weighted by Crippen LogP contribution is -2.43. The third-order valence-corrected chi connectivity index (χ3v) is 8.81. The number of nitrogens with zero attached hydrogens (tertiary/aromatic N) is 2. The SMILES string of the molecule is CC(=O)N(c1cc(-c2ccc(CN3CCOCC3)cc2C)cc(C(=O)NCc2c(C)cc(C)[nH]c2=O)c1C)C1CCOCC1. The number of pyridine rings is 1. The van der Waals surface area contributed by atoms with Gasteiger partial charge in [-0.3, -0.25) is 19.3 Å². The molecule has 3 heterocycles. The van der Waals surface area contributed by atoms with Crippen LogP contribution in [0.15, 0.2) is 41.2 Å². The van der Waals surface area contributed by atoms with Crippen molar-refractivity contribution in [2.75, 3.05) is 44.4 Å². The third kappa shape index (κ3) is 7.12. The molecule has 2 aromatic carbocycles. The molecule has 2 N–H and O–H groups in total. The van der Waals surface area contributed by atoms with Gasteiger partial charge in [0.05, 0.1) is 13.2 Å². The van der Waals surface area contributed by atoms with Gasteiger partial charge in [-0.1, -0.05) is 18.2 Å². The summed E-state index contributed by atoms with van der Waals surface area (Å²) in [7, 11) is 0. The molecule has 2 saturated heterocycles. The van der Waals surface area contributed by atoms with Crippen LogP contribution in [-0.4, -0.2) is 67.3 Å². The smallest absolute Gasteiger partial charge is 0.253 e. The average Bonchev–Trinajstić information content (AvgIpc) is 2.98. The number of rotatable bonds is 8. The van der Waals surface area contributed by atoms with E-state index in [1.54, 1.807) is 6.92 Å². The van der Waals surface area contributed by atoms with E-state index >= 15 is 0 Å². The van der Waals surface area contributed by atoms with Crippen LogP contribution in [0.5, 0.6) is 0 Å². The average molecular weight is 601 g/mol. The van der Waals surface area contributed by atoms with E-state index in [0.29, 0.717) is 24.3 Å². The number of benzene rings is 2. The lowest BCUT2D eigenvalue weighted by atomic mass is 9.92. The maximum absolute atomic E-state index is 13.8. The maximum Gasteiger partial charge on any atom is 0.253 e. The highest BCUT2D eigenvalue weighted by molar-refractivity contribution is 6.02. The van der Waals surface area contributed by atoms with Gasteiger partial charge < -0.3 is 24.7 Å². The summed E-state index contributed by atoms with van der Waals surface area (Å²) in [5.41, 5.74) is 8.06. The summed E-state index contributed by atoms with van der Waals surface area (Å²) in [6.07, 6.45) is 1.46. The zero-order valence-corrected chi connectivity index (χ0v) is 26.5. The first-order valence-corrected chi connectivity index (χ1v) is 15.5. The van der Waals surface area contributed by atoms with E-state index in [9.17, 15) is 14.4 Å². The Morgan fingerprint density at radius 2 is 1.66 bits per heavy atom. The van der Waals surface area contributed by atoms with Crippen molar-refractivity contribution in [1.29, 1.82) is 0 Å². The molecular weight excluding hydrogens is 556 g/mol. The molecule has 2 amide bonds. The summed E-state index contributed by atoms with van der Waals surface area (Å²) >= 11 is 0. The van der Waals surface area contributed by atoms with Gasteiger partial charge in [0, 0.05) is 74.9 Å². The van der Waals surface area contributed by atoms with Gasteiger partial charge in [-0.25, -0.2) is 0 Å². The van der Waals surface area contributed by atoms with Gasteiger partial charge in [-0.2, -0.15) is 0 Å².